The van der Waals surface area contributed by atoms with Gasteiger partial charge in [-0.25, -0.2) is 0 Å². The SMILES string of the molecule is CC/C=C\C/C=C\C/C=C\C/C=C\C/C=C\C/C=C\C/C=C\CCCCCCCCCCCCCCCCCCCCCC(=O)OC(CO)COC(=O)CCCCCCCCC/C=C\CCCCCCCC. The van der Waals surface area contributed by atoms with Gasteiger partial charge in [-0.2, -0.15) is 0 Å². The summed E-state index contributed by atoms with van der Waals surface area (Å²) in [5, 5.41) is 9.65. The van der Waals surface area contributed by atoms with Crippen LogP contribution >= 0.6 is 0 Å². The fraction of sp³-hybridized carbons (Fsp3) is 0.731. The minimum Gasteiger partial charge on any atom is -0.462 e. The Labute approximate surface area is 447 Å². The number of aliphatic hydroxyl groups excluding tert-OH is 1. The highest BCUT2D eigenvalue weighted by atomic mass is 16.6. The van der Waals surface area contributed by atoms with E-state index in [-0.39, 0.29) is 25.2 Å². The molecule has 0 fully saturated rings. The fourth-order valence-electron chi connectivity index (χ4n) is 8.77. The van der Waals surface area contributed by atoms with E-state index in [2.05, 4.69) is 111 Å². The number of carbonyl (C=O) groups is 2. The maximum Gasteiger partial charge on any atom is 0.306 e. The van der Waals surface area contributed by atoms with Crippen LogP contribution in [0.25, 0.3) is 0 Å². The van der Waals surface area contributed by atoms with Gasteiger partial charge in [0.25, 0.3) is 0 Å². The van der Waals surface area contributed by atoms with Crippen LogP contribution in [0, 0.1) is 0 Å². The molecule has 0 aliphatic heterocycles. The largest absolute Gasteiger partial charge is 0.462 e. The standard InChI is InChI=1S/C67H116O5/c1-3-5-7-9-11-13-15-17-19-21-22-23-24-25-26-27-28-29-30-31-32-33-34-35-36-37-38-39-40-41-42-43-44-46-48-50-52-54-56-58-60-62-67(70)72-65(63-68)64-71-66(69)61-59-57-55-53-51-49-47-45-20-18-16-14-12-10-8-6-4-2/h5,7,11,13,17-20,22-23,25-26,28-29,31-32,65,68H,3-4,6,8-10,12,14-16,21,24,27,30,33-64H2,1-2H3/b7-5-,13-11-,19-17-,20-18-,23-22-,26-25-,29-28-,32-31-. The van der Waals surface area contributed by atoms with Crippen LogP contribution in [0.1, 0.15) is 296 Å². The molecule has 1 atom stereocenters. The topological polar surface area (TPSA) is 72.8 Å². The quantitative estimate of drug-likeness (QED) is 0.0373. The van der Waals surface area contributed by atoms with Crippen molar-refractivity contribution in [2.24, 2.45) is 0 Å². The van der Waals surface area contributed by atoms with Crippen molar-refractivity contribution in [2.75, 3.05) is 13.2 Å². The number of unbranched alkanes of at least 4 members (excludes halogenated alkanes) is 32. The first-order valence-corrected chi connectivity index (χ1v) is 30.8. The molecule has 72 heavy (non-hydrogen) atoms. The highest BCUT2D eigenvalue weighted by Crippen LogP contribution is 2.17. The molecule has 0 heterocycles. The normalized spacial score (nSPS) is 12.9. The monoisotopic (exact) mass is 1000 g/mol. The number of hydrogen-bond acceptors (Lipinski definition) is 5. The van der Waals surface area contributed by atoms with Crippen LogP contribution in [0.2, 0.25) is 0 Å². The molecule has 0 aromatic heterocycles. The zero-order valence-electron chi connectivity index (χ0n) is 47.4. The summed E-state index contributed by atoms with van der Waals surface area (Å²) in [6, 6.07) is 0. The average molecular weight is 1000 g/mol. The Balaban J connectivity index is 3.46. The molecular weight excluding hydrogens is 885 g/mol. The Morgan fingerprint density at radius 2 is 0.597 bits per heavy atom. The summed E-state index contributed by atoms with van der Waals surface area (Å²) < 4.78 is 10.7. The van der Waals surface area contributed by atoms with Crippen LogP contribution in [0.5, 0.6) is 0 Å². The number of esters is 2. The Morgan fingerprint density at radius 3 is 0.917 bits per heavy atom. The first-order chi connectivity index (χ1) is 35.6. The lowest BCUT2D eigenvalue weighted by Crippen LogP contribution is -2.28. The smallest absolute Gasteiger partial charge is 0.306 e. The van der Waals surface area contributed by atoms with E-state index < -0.39 is 6.10 Å². The van der Waals surface area contributed by atoms with E-state index in [1.165, 1.54) is 186 Å². The molecule has 0 aliphatic carbocycles. The van der Waals surface area contributed by atoms with Crippen molar-refractivity contribution < 1.29 is 24.2 Å². The molecule has 0 spiro atoms. The van der Waals surface area contributed by atoms with Gasteiger partial charge in [-0.1, -0.05) is 284 Å². The second-order valence-corrected chi connectivity index (χ2v) is 20.4. The van der Waals surface area contributed by atoms with E-state index in [0.717, 1.165) is 83.5 Å². The van der Waals surface area contributed by atoms with Gasteiger partial charge < -0.3 is 14.6 Å². The van der Waals surface area contributed by atoms with E-state index in [9.17, 15) is 14.7 Å². The lowest BCUT2D eigenvalue weighted by molar-refractivity contribution is -0.161. The number of aliphatic hydroxyl groups is 1. The van der Waals surface area contributed by atoms with Crippen LogP contribution in [0.3, 0.4) is 0 Å². The average Bonchev–Trinajstić information content (AvgIpc) is 3.38. The zero-order chi connectivity index (χ0) is 52.0. The third-order valence-corrected chi connectivity index (χ3v) is 13.4. The van der Waals surface area contributed by atoms with Crippen molar-refractivity contribution in [2.45, 2.75) is 302 Å². The molecule has 0 aromatic rings. The van der Waals surface area contributed by atoms with Gasteiger partial charge in [-0.05, 0) is 96.3 Å². The molecule has 5 heteroatoms. The van der Waals surface area contributed by atoms with E-state index in [1.54, 1.807) is 0 Å². The summed E-state index contributed by atoms with van der Waals surface area (Å²) >= 11 is 0. The molecule has 0 amide bonds. The first-order valence-electron chi connectivity index (χ1n) is 30.8. The van der Waals surface area contributed by atoms with Gasteiger partial charge in [0.15, 0.2) is 6.10 Å². The second-order valence-electron chi connectivity index (χ2n) is 20.4. The number of hydrogen-bond donors (Lipinski definition) is 1. The minimum absolute atomic E-state index is 0.0673. The van der Waals surface area contributed by atoms with Gasteiger partial charge in [0.05, 0.1) is 6.61 Å². The van der Waals surface area contributed by atoms with Gasteiger partial charge >= 0.3 is 11.9 Å². The van der Waals surface area contributed by atoms with Crippen molar-refractivity contribution in [3.63, 3.8) is 0 Å². The molecule has 0 rings (SSSR count). The van der Waals surface area contributed by atoms with Crippen molar-refractivity contribution in [1.82, 2.24) is 0 Å². The summed E-state index contributed by atoms with van der Waals surface area (Å²) in [5.74, 6) is -0.586. The number of carbonyl (C=O) groups excluding carboxylic acids is 2. The number of rotatable bonds is 56. The van der Waals surface area contributed by atoms with Crippen LogP contribution in [-0.4, -0.2) is 36.4 Å². The van der Waals surface area contributed by atoms with Crippen LogP contribution in [0.15, 0.2) is 97.2 Å². The summed E-state index contributed by atoms with van der Waals surface area (Å²) in [4.78, 5) is 24.5. The molecule has 0 bridgehead atoms. The number of ether oxygens (including phenoxy) is 2. The minimum atomic E-state index is -0.776. The summed E-state index contributed by atoms with van der Waals surface area (Å²) in [6.45, 7) is 4.04. The van der Waals surface area contributed by atoms with E-state index in [0.29, 0.717) is 12.8 Å². The van der Waals surface area contributed by atoms with Crippen molar-refractivity contribution in [3.8, 4) is 0 Å². The van der Waals surface area contributed by atoms with Crippen LogP contribution < -0.4 is 0 Å². The molecule has 0 saturated carbocycles. The summed E-state index contributed by atoms with van der Waals surface area (Å²) in [6.07, 6.45) is 88.3. The summed E-state index contributed by atoms with van der Waals surface area (Å²) in [7, 11) is 0. The first kappa shape index (κ1) is 68.8. The third kappa shape index (κ3) is 59.4. The highest BCUT2D eigenvalue weighted by molar-refractivity contribution is 5.70. The summed E-state index contributed by atoms with van der Waals surface area (Å²) in [5.41, 5.74) is 0. The Kier molecular flexibility index (Phi) is 59.4. The predicted molar refractivity (Wildman–Crippen MR) is 316 cm³/mol. The molecule has 5 nitrogen and oxygen atoms in total. The van der Waals surface area contributed by atoms with E-state index in [4.69, 9.17) is 9.47 Å². The van der Waals surface area contributed by atoms with Gasteiger partial charge in [-0.15, -0.1) is 0 Å². The van der Waals surface area contributed by atoms with Crippen molar-refractivity contribution >= 4 is 11.9 Å². The van der Waals surface area contributed by atoms with Crippen molar-refractivity contribution in [1.29, 1.82) is 0 Å². The molecule has 414 valence electrons. The zero-order valence-corrected chi connectivity index (χ0v) is 47.4. The molecular formula is C67H116O5. The second kappa shape index (κ2) is 62.1. The Hall–Kier alpha value is -3.18. The maximum absolute atomic E-state index is 12.3. The molecule has 1 N–H and O–H groups in total. The predicted octanol–water partition coefficient (Wildman–Crippen LogP) is 21.1. The molecule has 0 radical (unpaired) electrons. The van der Waals surface area contributed by atoms with Gasteiger partial charge in [0.2, 0.25) is 0 Å². The molecule has 0 aromatic carbocycles. The van der Waals surface area contributed by atoms with Gasteiger partial charge in [-0.3, -0.25) is 9.59 Å². The number of allylic oxidation sites excluding steroid dienone is 16. The maximum atomic E-state index is 12.3. The Morgan fingerprint density at radius 1 is 0.333 bits per heavy atom. The highest BCUT2D eigenvalue weighted by Gasteiger charge is 2.16. The van der Waals surface area contributed by atoms with Gasteiger partial charge in [0.1, 0.15) is 6.61 Å². The molecule has 1 unspecified atom stereocenters. The lowest BCUT2D eigenvalue weighted by atomic mass is 10.0. The Bertz CT molecular complexity index is 1360. The van der Waals surface area contributed by atoms with E-state index in [1.807, 2.05) is 0 Å². The molecule has 0 saturated heterocycles. The van der Waals surface area contributed by atoms with Crippen LogP contribution in [0.4, 0.5) is 0 Å². The van der Waals surface area contributed by atoms with Crippen molar-refractivity contribution in [3.05, 3.63) is 97.2 Å². The fourth-order valence-corrected chi connectivity index (χ4v) is 8.77. The lowest BCUT2D eigenvalue weighted by Gasteiger charge is -2.15. The van der Waals surface area contributed by atoms with Crippen LogP contribution in [-0.2, 0) is 19.1 Å². The van der Waals surface area contributed by atoms with Gasteiger partial charge in [0, 0.05) is 12.8 Å². The third-order valence-electron chi connectivity index (χ3n) is 13.4. The molecule has 0 aliphatic rings. The van der Waals surface area contributed by atoms with E-state index >= 15 is 0 Å².